The van der Waals surface area contributed by atoms with Crippen LogP contribution < -0.4 is 0 Å². The minimum atomic E-state index is -0.293. The van der Waals surface area contributed by atoms with Gasteiger partial charge < -0.3 is 14.7 Å². The molecule has 0 spiro atoms. The van der Waals surface area contributed by atoms with E-state index in [1.54, 1.807) is 4.90 Å². The standard InChI is InChI=1S/C19H31N3O3/c23-17(20-11-3-1-2-4-12-20)9-10-18(24)22-15-7-8-16(22)19(25)21-13-5-6-14-21/h16H,1-15H2/t16-/m0/s1. The van der Waals surface area contributed by atoms with Crippen molar-refractivity contribution < 1.29 is 14.4 Å². The van der Waals surface area contributed by atoms with Gasteiger partial charge in [-0.05, 0) is 38.5 Å². The lowest BCUT2D eigenvalue weighted by atomic mass is 10.1. The normalized spacial score (nSPS) is 24.5. The van der Waals surface area contributed by atoms with Crippen LogP contribution in [0.3, 0.4) is 0 Å². The van der Waals surface area contributed by atoms with Crippen LogP contribution in [0.2, 0.25) is 0 Å². The smallest absolute Gasteiger partial charge is 0.245 e. The lowest BCUT2D eigenvalue weighted by molar-refractivity contribution is -0.144. The van der Waals surface area contributed by atoms with E-state index in [4.69, 9.17) is 0 Å². The van der Waals surface area contributed by atoms with Gasteiger partial charge in [0, 0.05) is 45.6 Å². The number of nitrogens with zero attached hydrogens (tertiary/aromatic N) is 3. The van der Waals surface area contributed by atoms with Gasteiger partial charge in [0.2, 0.25) is 17.7 Å². The summed E-state index contributed by atoms with van der Waals surface area (Å²) in [5.74, 6) is 0.178. The fourth-order valence-electron chi connectivity index (χ4n) is 4.31. The van der Waals surface area contributed by atoms with Gasteiger partial charge in [-0.1, -0.05) is 12.8 Å². The van der Waals surface area contributed by atoms with Gasteiger partial charge in [0.1, 0.15) is 6.04 Å². The third-order valence-electron chi connectivity index (χ3n) is 5.79. The zero-order chi connectivity index (χ0) is 17.6. The summed E-state index contributed by atoms with van der Waals surface area (Å²) in [6.07, 6.45) is 8.81. The van der Waals surface area contributed by atoms with E-state index in [2.05, 4.69) is 0 Å². The summed E-state index contributed by atoms with van der Waals surface area (Å²) < 4.78 is 0. The summed E-state index contributed by atoms with van der Waals surface area (Å²) >= 11 is 0. The van der Waals surface area contributed by atoms with Crippen molar-refractivity contribution in [3.05, 3.63) is 0 Å². The van der Waals surface area contributed by atoms with Crippen LogP contribution in [0.4, 0.5) is 0 Å². The molecule has 1 atom stereocenters. The summed E-state index contributed by atoms with van der Waals surface area (Å²) in [5.41, 5.74) is 0. The highest BCUT2D eigenvalue weighted by Crippen LogP contribution is 2.23. The molecule has 0 aromatic rings. The molecule has 3 saturated heterocycles. The summed E-state index contributed by atoms with van der Waals surface area (Å²) in [5, 5.41) is 0. The molecule has 0 aromatic carbocycles. The van der Waals surface area contributed by atoms with Gasteiger partial charge in [-0.15, -0.1) is 0 Å². The predicted octanol–water partition coefficient (Wildman–Crippen LogP) is 1.78. The van der Waals surface area contributed by atoms with Crippen LogP contribution in [0.5, 0.6) is 0 Å². The fraction of sp³-hybridized carbons (Fsp3) is 0.842. The van der Waals surface area contributed by atoms with Crippen molar-refractivity contribution in [1.29, 1.82) is 0 Å². The highest BCUT2D eigenvalue weighted by atomic mass is 16.2. The van der Waals surface area contributed by atoms with Crippen molar-refractivity contribution in [2.75, 3.05) is 32.7 Å². The van der Waals surface area contributed by atoms with Crippen LogP contribution >= 0.6 is 0 Å². The second-order valence-corrected chi connectivity index (χ2v) is 7.57. The van der Waals surface area contributed by atoms with Gasteiger partial charge in [-0.2, -0.15) is 0 Å². The van der Waals surface area contributed by atoms with Crippen LogP contribution in [-0.2, 0) is 14.4 Å². The third-order valence-corrected chi connectivity index (χ3v) is 5.79. The molecule has 0 aromatic heterocycles. The Hall–Kier alpha value is -1.59. The van der Waals surface area contributed by atoms with Gasteiger partial charge in [-0.25, -0.2) is 0 Å². The molecule has 3 aliphatic rings. The zero-order valence-corrected chi connectivity index (χ0v) is 15.3. The average Bonchev–Trinajstić information content (AvgIpc) is 3.26. The van der Waals surface area contributed by atoms with Crippen LogP contribution in [-0.4, -0.2) is 71.2 Å². The molecule has 6 heteroatoms. The van der Waals surface area contributed by atoms with Gasteiger partial charge in [0.15, 0.2) is 0 Å². The highest BCUT2D eigenvalue weighted by molar-refractivity contribution is 5.90. The number of carbonyl (C=O) groups is 3. The number of likely N-dealkylation sites (tertiary alicyclic amines) is 3. The van der Waals surface area contributed by atoms with Gasteiger partial charge in [-0.3, -0.25) is 14.4 Å². The van der Waals surface area contributed by atoms with Gasteiger partial charge in [0.25, 0.3) is 0 Å². The van der Waals surface area contributed by atoms with Gasteiger partial charge in [0.05, 0.1) is 0 Å². The maximum Gasteiger partial charge on any atom is 0.245 e. The number of hydrogen-bond acceptors (Lipinski definition) is 3. The molecular formula is C19H31N3O3. The molecule has 3 aliphatic heterocycles. The van der Waals surface area contributed by atoms with Crippen LogP contribution in [0.1, 0.15) is 64.2 Å². The Morgan fingerprint density at radius 2 is 1.20 bits per heavy atom. The first-order valence-electron chi connectivity index (χ1n) is 10.0. The third kappa shape index (κ3) is 4.53. The van der Waals surface area contributed by atoms with E-state index in [0.29, 0.717) is 6.54 Å². The Labute approximate surface area is 150 Å². The molecule has 0 N–H and O–H groups in total. The molecule has 0 bridgehead atoms. The second kappa shape index (κ2) is 8.68. The molecule has 25 heavy (non-hydrogen) atoms. The van der Waals surface area contributed by atoms with E-state index in [9.17, 15) is 14.4 Å². The second-order valence-electron chi connectivity index (χ2n) is 7.57. The van der Waals surface area contributed by atoms with Crippen LogP contribution in [0, 0.1) is 0 Å². The highest BCUT2D eigenvalue weighted by Gasteiger charge is 2.37. The SMILES string of the molecule is O=C(CCC(=O)N1CCC[C@H]1C(=O)N1CCCC1)N1CCCCCC1. The quantitative estimate of drug-likeness (QED) is 0.777. The number of hydrogen-bond donors (Lipinski definition) is 0. The first-order valence-corrected chi connectivity index (χ1v) is 10.0. The van der Waals surface area contributed by atoms with Crippen molar-refractivity contribution in [3.63, 3.8) is 0 Å². The fourth-order valence-corrected chi connectivity index (χ4v) is 4.31. The Morgan fingerprint density at radius 1 is 0.640 bits per heavy atom. The Balaban J connectivity index is 1.49. The Morgan fingerprint density at radius 3 is 1.88 bits per heavy atom. The molecule has 3 amide bonds. The Kier molecular flexibility index (Phi) is 6.32. The average molecular weight is 349 g/mol. The predicted molar refractivity (Wildman–Crippen MR) is 94.8 cm³/mol. The zero-order valence-electron chi connectivity index (χ0n) is 15.3. The van der Waals surface area contributed by atoms with Crippen molar-refractivity contribution in [3.8, 4) is 0 Å². The van der Waals surface area contributed by atoms with Crippen molar-refractivity contribution in [1.82, 2.24) is 14.7 Å². The molecular weight excluding hydrogens is 318 g/mol. The first kappa shape index (κ1) is 18.2. The minimum Gasteiger partial charge on any atom is -0.343 e. The Bertz CT molecular complexity index is 494. The van der Waals surface area contributed by atoms with Crippen LogP contribution in [0.15, 0.2) is 0 Å². The van der Waals surface area contributed by atoms with E-state index < -0.39 is 0 Å². The molecule has 6 nitrogen and oxygen atoms in total. The molecule has 0 unspecified atom stereocenters. The summed E-state index contributed by atoms with van der Waals surface area (Å²) in [7, 11) is 0. The van der Waals surface area contributed by atoms with E-state index in [-0.39, 0.29) is 36.6 Å². The number of rotatable bonds is 4. The lowest BCUT2D eigenvalue weighted by Crippen LogP contribution is -2.47. The number of amides is 3. The molecule has 3 fully saturated rings. The first-order chi connectivity index (χ1) is 12.2. The summed E-state index contributed by atoms with van der Waals surface area (Å²) in [4.78, 5) is 43.2. The van der Waals surface area contributed by atoms with E-state index in [0.717, 1.165) is 64.7 Å². The summed E-state index contributed by atoms with van der Waals surface area (Å²) in [6, 6.07) is -0.293. The van der Waals surface area contributed by atoms with Crippen LogP contribution in [0.25, 0.3) is 0 Å². The maximum atomic E-state index is 12.6. The molecule has 3 heterocycles. The van der Waals surface area contributed by atoms with Crippen molar-refractivity contribution in [2.45, 2.75) is 70.3 Å². The van der Waals surface area contributed by atoms with E-state index in [1.807, 2.05) is 9.80 Å². The van der Waals surface area contributed by atoms with Gasteiger partial charge >= 0.3 is 0 Å². The monoisotopic (exact) mass is 349 g/mol. The van der Waals surface area contributed by atoms with E-state index >= 15 is 0 Å². The molecule has 0 saturated carbocycles. The maximum absolute atomic E-state index is 12.6. The summed E-state index contributed by atoms with van der Waals surface area (Å²) in [6.45, 7) is 3.95. The van der Waals surface area contributed by atoms with Crippen molar-refractivity contribution in [2.24, 2.45) is 0 Å². The topological polar surface area (TPSA) is 60.9 Å². The molecule has 140 valence electrons. The lowest BCUT2D eigenvalue weighted by Gasteiger charge is -2.28. The van der Waals surface area contributed by atoms with Crippen molar-refractivity contribution >= 4 is 17.7 Å². The minimum absolute atomic E-state index is 0.0294. The molecule has 3 rings (SSSR count). The van der Waals surface area contributed by atoms with E-state index in [1.165, 1.54) is 12.8 Å². The molecule has 0 radical (unpaired) electrons. The molecule has 0 aliphatic carbocycles. The number of carbonyl (C=O) groups excluding carboxylic acids is 3. The largest absolute Gasteiger partial charge is 0.343 e.